The number of hydrogen-bond acceptors (Lipinski definition) is 3. The van der Waals surface area contributed by atoms with E-state index in [2.05, 4.69) is 20.8 Å². The molecule has 4 rings (SSSR count). The maximum absolute atomic E-state index is 12.1. The van der Waals surface area contributed by atoms with E-state index >= 15 is 0 Å². The van der Waals surface area contributed by atoms with Gasteiger partial charge in [0.2, 0.25) is 0 Å². The number of ketones is 1. The van der Waals surface area contributed by atoms with Gasteiger partial charge in [-0.1, -0.05) is 20.8 Å². The average molecular weight is 389 g/mol. The highest BCUT2D eigenvalue weighted by molar-refractivity contribution is 5.79. The number of carbonyl (C=O) groups is 2. The summed E-state index contributed by atoms with van der Waals surface area (Å²) in [4.78, 5) is 23.7. The second-order valence-electron chi connectivity index (χ2n) is 11.2. The van der Waals surface area contributed by atoms with Crippen LogP contribution in [0, 0.1) is 46.3 Å². The number of esters is 1. The fourth-order valence-electron chi connectivity index (χ4n) is 8.67. The molecule has 3 heteroatoms. The highest BCUT2D eigenvalue weighted by Gasteiger charge is 2.60. The molecule has 0 spiro atoms. The number of fused-ring (bicyclic) bond motifs is 5. The van der Waals surface area contributed by atoms with Crippen LogP contribution in [0.1, 0.15) is 91.4 Å². The average Bonchev–Trinajstić information content (AvgIpc) is 3.03. The predicted molar refractivity (Wildman–Crippen MR) is 111 cm³/mol. The summed E-state index contributed by atoms with van der Waals surface area (Å²) >= 11 is 0. The molecule has 0 aliphatic heterocycles. The molecule has 0 radical (unpaired) electrons. The van der Waals surface area contributed by atoms with Crippen molar-refractivity contribution in [2.75, 3.05) is 7.11 Å². The first-order valence-electron chi connectivity index (χ1n) is 11.9. The fraction of sp³-hybridized carbons (Fsp3) is 0.920. The standard InChI is InChI=1S/C25H40O3/c1-16(5-10-23(27)28-4)20-8-9-21-19-7-6-17-15-18(26)11-13-24(17,2)22(19)12-14-25(20,21)3/h16-17,19-22H,5-15H2,1-4H3/t16-,17+,19-,20+,21-,22-,24-,25+/m0/s1. The monoisotopic (exact) mass is 388 g/mol. The number of methoxy groups -OCH3 is 1. The Morgan fingerprint density at radius 2 is 1.82 bits per heavy atom. The van der Waals surface area contributed by atoms with Crippen molar-refractivity contribution in [1.82, 2.24) is 0 Å². The zero-order valence-electron chi connectivity index (χ0n) is 18.5. The summed E-state index contributed by atoms with van der Waals surface area (Å²) in [7, 11) is 1.50. The molecule has 0 N–H and O–H groups in total. The zero-order chi connectivity index (χ0) is 20.1. The maximum atomic E-state index is 12.1. The third-order valence-electron chi connectivity index (χ3n) is 10.3. The van der Waals surface area contributed by atoms with Crippen molar-refractivity contribution in [3.05, 3.63) is 0 Å². The van der Waals surface area contributed by atoms with Crippen LogP contribution in [-0.2, 0) is 14.3 Å². The molecule has 0 aromatic rings. The van der Waals surface area contributed by atoms with Gasteiger partial charge in [-0.3, -0.25) is 9.59 Å². The van der Waals surface area contributed by atoms with Gasteiger partial charge >= 0.3 is 5.97 Å². The Kier molecular flexibility index (Phi) is 5.42. The Bertz CT molecular complexity index is 627. The van der Waals surface area contributed by atoms with Crippen LogP contribution in [0.3, 0.4) is 0 Å². The highest BCUT2D eigenvalue weighted by atomic mass is 16.5. The van der Waals surface area contributed by atoms with Crippen molar-refractivity contribution in [3.63, 3.8) is 0 Å². The van der Waals surface area contributed by atoms with Gasteiger partial charge in [0.05, 0.1) is 7.11 Å². The van der Waals surface area contributed by atoms with Crippen LogP contribution >= 0.6 is 0 Å². The molecule has 0 aromatic carbocycles. The maximum Gasteiger partial charge on any atom is 0.305 e. The quantitative estimate of drug-likeness (QED) is 0.571. The van der Waals surface area contributed by atoms with E-state index < -0.39 is 0 Å². The molecular formula is C25H40O3. The van der Waals surface area contributed by atoms with E-state index in [1.54, 1.807) is 0 Å². The number of rotatable bonds is 4. The molecule has 4 saturated carbocycles. The van der Waals surface area contributed by atoms with Crippen molar-refractivity contribution in [2.45, 2.75) is 91.4 Å². The predicted octanol–water partition coefficient (Wildman–Crippen LogP) is 5.80. The minimum Gasteiger partial charge on any atom is -0.469 e. The second kappa shape index (κ2) is 7.43. The van der Waals surface area contributed by atoms with Crippen LogP contribution in [0.5, 0.6) is 0 Å². The van der Waals surface area contributed by atoms with Crippen molar-refractivity contribution in [3.8, 4) is 0 Å². The molecule has 0 heterocycles. The van der Waals surface area contributed by atoms with Gasteiger partial charge in [-0.2, -0.15) is 0 Å². The van der Waals surface area contributed by atoms with Crippen molar-refractivity contribution in [1.29, 1.82) is 0 Å². The summed E-state index contributed by atoms with van der Waals surface area (Å²) in [6, 6.07) is 0. The Balaban J connectivity index is 1.49. The first-order chi connectivity index (χ1) is 13.3. The van der Waals surface area contributed by atoms with Crippen LogP contribution in [0.2, 0.25) is 0 Å². The van der Waals surface area contributed by atoms with E-state index in [4.69, 9.17) is 4.74 Å². The molecular weight excluding hydrogens is 348 g/mol. The first-order valence-corrected chi connectivity index (χ1v) is 11.9. The van der Waals surface area contributed by atoms with Crippen molar-refractivity contribution in [2.24, 2.45) is 46.3 Å². The minimum atomic E-state index is -0.0617. The normalized spacial score (nSPS) is 46.3. The summed E-state index contributed by atoms with van der Waals surface area (Å²) in [6.45, 7) is 7.49. The highest BCUT2D eigenvalue weighted by Crippen LogP contribution is 2.68. The largest absolute Gasteiger partial charge is 0.469 e. The Morgan fingerprint density at radius 3 is 2.57 bits per heavy atom. The van der Waals surface area contributed by atoms with E-state index in [0.29, 0.717) is 34.9 Å². The SMILES string of the molecule is COC(=O)CC[C@H](C)[C@H]1CC[C@H]2[C@@H]3CC[C@@H]4CC(=O)CC[C@]4(C)[C@H]3CC[C@]12C. The van der Waals surface area contributed by atoms with Gasteiger partial charge in [0.1, 0.15) is 5.78 Å². The summed E-state index contributed by atoms with van der Waals surface area (Å²) in [5.74, 6) is 5.01. The summed E-state index contributed by atoms with van der Waals surface area (Å²) in [5.41, 5.74) is 0.858. The van der Waals surface area contributed by atoms with Crippen LogP contribution in [0.4, 0.5) is 0 Å². The van der Waals surface area contributed by atoms with Crippen LogP contribution < -0.4 is 0 Å². The molecule has 158 valence electrons. The van der Waals surface area contributed by atoms with Gasteiger partial charge in [0, 0.05) is 19.3 Å². The lowest BCUT2D eigenvalue weighted by Gasteiger charge is -2.60. The minimum absolute atomic E-state index is 0.0617. The number of carbonyl (C=O) groups excluding carboxylic acids is 2. The lowest BCUT2D eigenvalue weighted by molar-refractivity contribution is -0.141. The van der Waals surface area contributed by atoms with Crippen LogP contribution in [0.25, 0.3) is 0 Å². The van der Waals surface area contributed by atoms with E-state index in [9.17, 15) is 9.59 Å². The lowest BCUT2D eigenvalue weighted by atomic mass is 9.44. The summed E-state index contributed by atoms with van der Waals surface area (Å²) in [5, 5.41) is 0. The first kappa shape index (κ1) is 20.4. The van der Waals surface area contributed by atoms with E-state index in [1.807, 2.05) is 0 Å². The molecule has 4 aliphatic rings. The number of hydrogen-bond donors (Lipinski definition) is 0. The molecule has 0 saturated heterocycles. The Hall–Kier alpha value is -0.860. The third kappa shape index (κ3) is 3.16. The van der Waals surface area contributed by atoms with Crippen LogP contribution in [-0.4, -0.2) is 18.9 Å². The second-order valence-corrected chi connectivity index (χ2v) is 11.2. The molecule has 3 nitrogen and oxygen atoms in total. The van der Waals surface area contributed by atoms with Crippen LogP contribution in [0.15, 0.2) is 0 Å². The molecule has 0 bridgehead atoms. The lowest BCUT2D eigenvalue weighted by Crippen LogP contribution is -2.53. The third-order valence-corrected chi connectivity index (χ3v) is 10.3. The van der Waals surface area contributed by atoms with Crippen molar-refractivity contribution >= 4 is 11.8 Å². The van der Waals surface area contributed by atoms with Gasteiger partial charge in [-0.05, 0) is 97.7 Å². The molecule has 0 amide bonds. The molecule has 28 heavy (non-hydrogen) atoms. The molecule has 0 unspecified atom stereocenters. The van der Waals surface area contributed by atoms with Gasteiger partial charge in [0.15, 0.2) is 0 Å². The van der Waals surface area contributed by atoms with Crippen molar-refractivity contribution < 1.29 is 14.3 Å². The van der Waals surface area contributed by atoms with Gasteiger partial charge < -0.3 is 4.74 Å². The summed E-state index contributed by atoms with van der Waals surface area (Å²) in [6.07, 6.45) is 12.4. The fourth-order valence-corrected chi connectivity index (χ4v) is 8.67. The van der Waals surface area contributed by atoms with Gasteiger partial charge in [0.25, 0.3) is 0 Å². The molecule has 4 fully saturated rings. The summed E-state index contributed by atoms with van der Waals surface area (Å²) < 4.78 is 4.87. The van der Waals surface area contributed by atoms with Gasteiger partial charge in [-0.25, -0.2) is 0 Å². The number of ether oxygens (including phenoxy) is 1. The number of Topliss-reactive ketones (excluding diaryl/α,β-unsaturated/α-hetero) is 1. The topological polar surface area (TPSA) is 43.4 Å². The zero-order valence-corrected chi connectivity index (χ0v) is 18.5. The van der Waals surface area contributed by atoms with E-state index in [1.165, 1.54) is 45.6 Å². The molecule has 0 aromatic heterocycles. The van der Waals surface area contributed by atoms with E-state index in [-0.39, 0.29) is 5.97 Å². The van der Waals surface area contributed by atoms with Gasteiger partial charge in [-0.15, -0.1) is 0 Å². The molecule has 8 atom stereocenters. The Labute approximate surface area is 171 Å². The molecule has 4 aliphatic carbocycles. The smallest absolute Gasteiger partial charge is 0.305 e. The van der Waals surface area contributed by atoms with E-state index in [0.717, 1.165) is 49.4 Å². The Morgan fingerprint density at radius 1 is 1.07 bits per heavy atom.